The summed E-state index contributed by atoms with van der Waals surface area (Å²) in [7, 11) is 4.98. The highest BCUT2D eigenvalue weighted by molar-refractivity contribution is 7.18. The van der Waals surface area contributed by atoms with Gasteiger partial charge >= 0.3 is 17.9 Å². The monoisotopic (exact) mass is 484 g/mol. The van der Waals surface area contributed by atoms with Crippen molar-refractivity contribution in [1.82, 2.24) is 4.90 Å². The summed E-state index contributed by atoms with van der Waals surface area (Å²) in [6.45, 7) is -0.0443. The fourth-order valence-electron chi connectivity index (χ4n) is 2.93. The second-order valence-corrected chi connectivity index (χ2v) is 7.84. The van der Waals surface area contributed by atoms with Crippen molar-refractivity contribution in [1.29, 1.82) is 0 Å². The zero-order chi connectivity index (χ0) is 24.7. The van der Waals surface area contributed by atoms with Crippen molar-refractivity contribution in [2.75, 3.05) is 40.2 Å². The number of hydrogen-bond acceptors (Lipinski definition) is 9. The van der Waals surface area contributed by atoms with Gasteiger partial charge in [0.05, 0.1) is 39.9 Å². The minimum absolute atomic E-state index is 0.00706. The lowest BCUT2D eigenvalue weighted by molar-refractivity contribution is -0.139. The standard InChI is InChI=1S/C21H22F2N2O7S/c1-25(9-11-5-6-13(22)14(23)7-11)10-15(26)24-19-17(20(28)31-3)12(8-16(27)30-2)18(33-19)21(29)32-4/h5-7H,8-10H2,1-4H3,(H,24,26). The third kappa shape index (κ3) is 6.56. The fourth-order valence-corrected chi connectivity index (χ4v) is 4.07. The molecule has 0 aliphatic heterocycles. The molecule has 0 aliphatic carbocycles. The van der Waals surface area contributed by atoms with E-state index >= 15 is 0 Å². The molecule has 1 N–H and O–H groups in total. The summed E-state index contributed by atoms with van der Waals surface area (Å²) in [4.78, 5) is 50.5. The highest BCUT2D eigenvalue weighted by Gasteiger charge is 2.30. The molecule has 0 fully saturated rings. The summed E-state index contributed by atoms with van der Waals surface area (Å²) in [5, 5.41) is 2.53. The Bertz CT molecular complexity index is 1070. The van der Waals surface area contributed by atoms with Crippen LogP contribution in [-0.4, -0.2) is 63.6 Å². The number of amides is 1. The highest BCUT2D eigenvalue weighted by Crippen LogP contribution is 2.35. The van der Waals surface area contributed by atoms with Crippen LogP contribution in [0.1, 0.15) is 31.2 Å². The minimum atomic E-state index is -1.000. The molecule has 2 rings (SSSR count). The topological polar surface area (TPSA) is 111 Å². The second kappa shape index (κ2) is 11.5. The van der Waals surface area contributed by atoms with E-state index in [4.69, 9.17) is 9.47 Å². The molecule has 0 saturated carbocycles. The molecule has 9 nitrogen and oxygen atoms in total. The Morgan fingerprint density at radius 1 is 1.00 bits per heavy atom. The predicted molar refractivity (Wildman–Crippen MR) is 114 cm³/mol. The molecule has 0 atom stereocenters. The predicted octanol–water partition coefficient (Wildman–Crippen LogP) is 2.39. The van der Waals surface area contributed by atoms with E-state index in [1.54, 1.807) is 7.05 Å². The number of ether oxygens (including phenoxy) is 3. The van der Waals surface area contributed by atoms with Crippen molar-refractivity contribution in [3.63, 3.8) is 0 Å². The molecule has 0 aliphatic rings. The maximum atomic E-state index is 13.4. The number of hydrogen-bond donors (Lipinski definition) is 1. The fraction of sp³-hybridized carbons (Fsp3) is 0.333. The first-order chi connectivity index (χ1) is 15.6. The quantitative estimate of drug-likeness (QED) is 0.427. The van der Waals surface area contributed by atoms with Crippen LogP contribution in [-0.2, 0) is 36.8 Å². The van der Waals surface area contributed by atoms with Gasteiger partial charge < -0.3 is 19.5 Å². The van der Waals surface area contributed by atoms with E-state index in [0.717, 1.165) is 44.8 Å². The summed E-state index contributed by atoms with van der Waals surface area (Å²) in [6.07, 6.45) is -0.423. The normalized spacial score (nSPS) is 10.6. The molecule has 1 heterocycles. The second-order valence-electron chi connectivity index (χ2n) is 6.82. The number of benzene rings is 1. The van der Waals surface area contributed by atoms with E-state index in [1.807, 2.05) is 0 Å². The van der Waals surface area contributed by atoms with Gasteiger partial charge in [0, 0.05) is 12.1 Å². The molecule has 33 heavy (non-hydrogen) atoms. The van der Waals surface area contributed by atoms with Crippen LogP contribution in [0.25, 0.3) is 0 Å². The van der Waals surface area contributed by atoms with Crippen molar-refractivity contribution >= 4 is 40.2 Å². The average molecular weight is 484 g/mol. The van der Waals surface area contributed by atoms with Crippen LogP contribution in [0.5, 0.6) is 0 Å². The summed E-state index contributed by atoms with van der Waals surface area (Å²) >= 11 is 0.753. The van der Waals surface area contributed by atoms with E-state index in [9.17, 15) is 28.0 Å². The Labute approximate surface area is 192 Å². The van der Waals surface area contributed by atoms with Gasteiger partial charge in [0.15, 0.2) is 11.6 Å². The van der Waals surface area contributed by atoms with Gasteiger partial charge in [-0.2, -0.15) is 0 Å². The number of esters is 3. The SMILES string of the molecule is COC(=O)Cc1c(C(=O)OC)sc(NC(=O)CN(C)Cc2ccc(F)c(F)c2)c1C(=O)OC. The van der Waals surface area contributed by atoms with Crippen LogP contribution in [0.3, 0.4) is 0 Å². The maximum Gasteiger partial charge on any atom is 0.348 e. The number of rotatable bonds is 9. The summed E-state index contributed by atoms with van der Waals surface area (Å²) in [5.74, 6) is -4.93. The zero-order valence-electron chi connectivity index (χ0n) is 18.3. The lowest BCUT2D eigenvalue weighted by Gasteiger charge is -2.16. The van der Waals surface area contributed by atoms with Crippen LogP contribution in [0.2, 0.25) is 0 Å². The third-order valence-electron chi connectivity index (χ3n) is 4.42. The van der Waals surface area contributed by atoms with Gasteiger partial charge in [0.1, 0.15) is 9.88 Å². The number of thiophene rings is 1. The smallest absolute Gasteiger partial charge is 0.348 e. The largest absolute Gasteiger partial charge is 0.469 e. The number of halogens is 2. The Kier molecular flexibility index (Phi) is 9.00. The van der Waals surface area contributed by atoms with Crippen LogP contribution in [0.15, 0.2) is 18.2 Å². The number of nitrogens with zero attached hydrogens (tertiary/aromatic N) is 1. The highest BCUT2D eigenvalue weighted by atomic mass is 32.1. The maximum absolute atomic E-state index is 13.4. The Morgan fingerprint density at radius 3 is 2.24 bits per heavy atom. The molecule has 0 radical (unpaired) electrons. The van der Waals surface area contributed by atoms with Crippen molar-refractivity contribution in [3.8, 4) is 0 Å². The summed E-state index contributed by atoms with van der Waals surface area (Å²) < 4.78 is 40.6. The molecule has 12 heteroatoms. The third-order valence-corrected chi connectivity index (χ3v) is 5.55. The molecule has 1 aromatic carbocycles. The van der Waals surface area contributed by atoms with Gasteiger partial charge in [-0.1, -0.05) is 6.07 Å². The lowest BCUT2D eigenvalue weighted by atomic mass is 10.1. The molecule has 2 aromatic rings. The zero-order valence-corrected chi connectivity index (χ0v) is 19.1. The van der Waals surface area contributed by atoms with E-state index in [1.165, 1.54) is 11.0 Å². The number of carbonyl (C=O) groups is 4. The van der Waals surface area contributed by atoms with E-state index < -0.39 is 41.9 Å². The minimum Gasteiger partial charge on any atom is -0.469 e. The molecule has 178 valence electrons. The molecule has 1 amide bonds. The Balaban J connectivity index is 2.27. The van der Waals surface area contributed by atoms with Gasteiger partial charge in [0.2, 0.25) is 5.91 Å². The number of likely N-dealkylation sites (N-methyl/N-ethyl adjacent to an activating group) is 1. The summed E-state index contributed by atoms with van der Waals surface area (Å²) in [6, 6.07) is 3.41. The van der Waals surface area contributed by atoms with Crippen LogP contribution in [0.4, 0.5) is 13.8 Å². The Morgan fingerprint density at radius 2 is 1.67 bits per heavy atom. The van der Waals surface area contributed by atoms with Crippen molar-refractivity contribution in [3.05, 3.63) is 51.4 Å². The van der Waals surface area contributed by atoms with Crippen LogP contribution in [0, 0.1) is 11.6 Å². The number of anilines is 1. The summed E-state index contributed by atoms with van der Waals surface area (Å²) in [5.41, 5.74) is 0.296. The first-order valence-electron chi connectivity index (χ1n) is 9.42. The molecular formula is C21H22F2N2O7S. The molecule has 0 bridgehead atoms. The first-order valence-corrected chi connectivity index (χ1v) is 10.2. The molecular weight excluding hydrogens is 462 g/mol. The van der Waals surface area contributed by atoms with E-state index in [2.05, 4.69) is 10.1 Å². The van der Waals surface area contributed by atoms with Crippen molar-refractivity contribution < 1.29 is 42.2 Å². The molecule has 0 unspecified atom stereocenters. The van der Waals surface area contributed by atoms with Gasteiger partial charge in [-0.05, 0) is 24.7 Å². The van der Waals surface area contributed by atoms with Gasteiger partial charge in [-0.3, -0.25) is 14.5 Å². The van der Waals surface area contributed by atoms with Crippen molar-refractivity contribution in [2.45, 2.75) is 13.0 Å². The van der Waals surface area contributed by atoms with Crippen molar-refractivity contribution in [2.24, 2.45) is 0 Å². The van der Waals surface area contributed by atoms with Gasteiger partial charge in [0.25, 0.3) is 0 Å². The number of methoxy groups -OCH3 is 3. The Hall–Kier alpha value is -3.38. The molecule has 0 saturated heterocycles. The van der Waals surface area contributed by atoms with Gasteiger partial charge in [-0.25, -0.2) is 18.4 Å². The van der Waals surface area contributed by atoms with Crippen LogP contribution < -0.4 is 5.32 Å². The molecule has 0 spiro atoms. The first kappa shape index (κ1) is 25.9. The van der Waals surface area contributed by atoms with Gasteiger partial charge in [-0.15, -0.1) is 11.3 Å². The molecule has 1 aromatic heterocycles. The lowest BCUT2D eigenvalue weighted by Crippen LogP contribution is -2.30. The van der Waals surface area contributed by atoms with E-state index in [-0.39, 0.29) is 34.1 Å². The van der Waals surface area contributed by atoms with E-state index in [0.29, 0.717) is 5.56 Å². The van der Waals surface area contributed by atoms with Crippen LogP contribution >= 0.6 is 11.3 Å². The average Bonchev–Trinajstić information content (AvgIpc) is 3.12. The number of carbonyl (C=O) groups excluding carboxylic acids is 4. The number of nitrogens with one attached hydrogen (secondary N) is 1.